The Hall–Kier alpha value is -3.34. The van der Waals surface area contributed by atoms with Gasteiger partial charge < -0.3 is 14.8 Å². The first kappa shape index (κ1) is 23.8. The number of aromatic nitrogens is 4. The second kappa shape index (κ2) is 9.49. The van der Waals surface area contributed by atoms with Crippen molar-refractivity contribution in [1.82, 2.24) is 23.6 Å². The highest BCUT2D eigenvalue weighted by molar-refractivity contribution is 7.99. The first-order valence-electron chi connectivity index (χ1n) is 11.0. The number of nitrogens with zero attached hydrogens (tertiary/aromatic N) is 5. The lowest BCUT2D eigenvalue weighted by atomic mass is 10.1. The van der Waals surface area contributed by atoms with Crippen LogP contribution in [0.15, 0.2) is 34.1 Å². The van der Waals surface area contributed by atoms with Crippen LogP contribution < -0.4 is 16.6 Å². The number of amides is 2. The van der Waals surface area contributed by atoms with E-state index in [0.717, 1.165) is 21.4 Å². The maximum atomic E-state index is 12.9. The molecule has 1 aliphatic rings. The second-order valence-electron chi connectivity index (χ2n) is 8.59. The SMILES string of the molecule is Cc1ccc(NC(=O)C2CSCN2C(=O)CCCn2cnc3c2c(=O)n(C)c(=O)n3C)cc1C. The molecule has 0 radical (unpaired) electrons. The Kier molecular flexibility index (Phi) is 6.65. The third kappa shape index (κ3) is 4.39. The van der Waals surface area contributed by atoms with Crippen LogP contribution in [-0.2, 0) is 30.2 Å². The van der Waals surface area contributed by atoms with Crippen LogP contribution in [0.2, 0.25) is 0 Å². The van der Waals surface area contributed by atoms with Crippen LogP contribution in [0, 0.1) is 13.8 Å². The topological polar surface area (TPSA) is 111 Å². The van der Waals surface area contributed by atoms with Gasteiger partial charge in [-0.15, -0.1) is 11.8 Å². The Morgan fingerprint density at radius 2 is 1.91 bits per heavy atom. The van der Waals surface area contributed by atoms with E-state index in [4.69, 9.17) is 0 Å². The number of benzene rings is 1. The molecule has 1 N–H and O–H groups in total. The van der Waals surface area contributed by atoms with Crippen molar-refractivity contribution < 1.29 is 9.59 Å². The number of imidazole rings is 1. The van der Waals surface area contributed by atoms with E-state index in [9.17, 15) is 19.2 Å². The third-order valence-corrected chi connectivity index (χ3v) is 7.30. The van der Waals surface area contributed by atoms with Gasteiger partial charge in [0.05, 0.1) is 12.2 Å². The number of anilines is 1. The number of carbonyl (C=O) groups excluding carboxylic acids is 2. The highest BCUT2D eigenvalue weighted by Crippen LogP contribution is 2.24. The summed E-state index contributed by atoms with van der Waals surface area (Å²) >= 11 is 1.56. The fourth-order valence-electron chi connectivity index (χ4n) is 4.06. The standard InChI is InChI=1S/C23H28N6O4S/c1-14-7-8-16(10-15(14)2)25-21(31)17-11-34-13-29(17)18(30)6-5-9-28-12-24-20-19(28)22(32)27(4)23(33)26(20)3/h7-8,10,12,17H,5-6,9,11,13H2,1-4H3,(H,25,31). The van der Waals surface area contributed by atoms with E-state index < -0.39 is 17.3 Å². The zero-order valence-corrected chi connectivity index (χ0v) is 20.5. The first-order valence-corrected chi connectivity index (χ1v) is 12.2. The van der Waals surface area contributed by atoms with Gasteiger partial charge in [0, 0.05) is 38.5 Å². The normalized spacial score (nSPS) is 15.8. The molecular formula is C23H28N6O4S. The lowest BCUT2D eigenvalue weighted by Gasteiger charge is -2.23. The van der Waals surface area contributed by atoms with Crippen LogP contribution >= 0.6 is 11.8 Å². The molecule has 2 amide bonds. The van der Waals surface area contributed by atoms with E-state index >= 15 is 0 Å². The molecule has 0 aliphatic carbocycles. The molecule has 10 nitrogen and oxygen atoms in total. The number of hydrogen-bond donors (Lipinski definition) is 1. The number of thioether (sulfide) groups is 1. The van der Waals surface area contributed by atoms with E-state index in [1.165, 1.54) is 17.9 Å². The van der Waals surface area contributed by atoms with Crippen molar-refractivity contribution in [3.8, 4) is 0 Å². The Bertz CT molecular complexity index is 1390. The van der Waals surface area contributed by atoms with Gasteiger partial charge in [0.25, 0.3) is 5.56 Å². The number of hydrogen-bond acceptors (Lipinski definition) is 6. The van der Waals surface area contributed by atoms with E-state index in [2.05, 4.69) is 10.3 Å². The Morgan fingerprint density at radius 1 is 1.15 bits per heavy atom. The third-order valence-electron chi connectivity index (χ3n) is 6.29. The van der Waals surface area contributed by atoms with E-state index in [0.29, 0.717) is 35.8 Å². The number of carbonyl (C=O) groups is 2. The zero-order valence-electron chi connectivity index (χ0n) is 19.7. The van der Waals surface area contributed by atoms with E-state index in [1.807, 2.05) is 32.0 Å². The highest BCUT2D eigenvalue weighted by Gasteiger charge is 2.34. The number of nitrogens with one attached hydrogen (secondary N) is 1. The lowest BCUT2D eigenvalue weighted by molar-refractivity contribution is -0.136. The minimum Gasteiger partial charge on any atom is -0.325 e. The Balaban J connectivity index is 1.40. The van der Waals surface area contributed by atoms with Crippen LogP contribution in [-0.4, -0.2) is 53.1 Å². The van der Waals surface area contributed by atoms with Crippen molar-refractivity contribution in [1.29, 1.82) is 0 Å². The fourth-order valence-corrected chi connectivity index (χ4v) is 5.24. The quantitative estimate of drug-likeness (QED) is 0.566. The summed E-state index contributed by atoms with van der Waals surface area (Å²) in [6, 6.07) is 5.23. The lowest BCUT2D eigenvalue weighted by Crippen LogP contribution is -2.44. The van der Waals surface area contributed by atoms with Gasteiger partial charge in [-0.25, -0.2) is 9.78 Å². The molecule has 11 heteroatoms. The minimum atomic E-state index is -0.519. The molecule has 1 atom stereocenters. The average molecular weight is 485 g/mol. The molecule has 3 heterocycles. The van der Waals surface area contributed by atoms with Crippen LogP contribution in [0.3, 0.4) is 0 Å². The van der Waals surface area contributed by atoms with Crippen molar-refractivity contribution in [2.45, 2.75) is 39.3 Å². The summed E-state index contributed by atoms with van der Waals surface area (Å²) in [4.78, 5) is 56.3. The summed E-state index contributed by atoms with van der Waals surface area (Å²) in [5.74, 6) is 0.737. The summed E-state index contributed by atoms with van der Waals surface area (Å²) < 4.78 is 4.05. The van der Waals surface area contributed by atoms with Crippen molar-refractivity contribution in [2.75, 3.05) is 16.9 Å². The molecule has 1 aromatic carbocycles. The molecule has 1 saturated heterocycles. The van der Waals surface area contributed by atoms with Gasteiger partial charge in [0.15, 0.2) is 11.2 Å². The summed E-state index contributed by atoms with van der Waals surface area (Å²) in [5.41, 5.74) is 2.76. The van der Waals surface area contributed by atoms with Gasteiger partial charge in [-0.1, -0.05) is 6.07 Å². The molecule has 1 unspecified atom stereocenters. The maximum Gasteiger partial charge on any atom is 0.332 e. The van der Waals surface area contributed by atoms with Gasteiger partial charge in [-0.05, 0) is 43.5 Å². The fraction of sp³-hybridized carbons (Fsp3) is 0.435. The summed E-state index contributed by atoms with van der Waals surface area (Å²) in [7, 11) is 3.00. The largest absolute Gasteiger partial charge is 0.332 e. The van der Waals surface area contributed by atoms with Crippen LogP contribution in [0.4, 0.5) is 5.69 Å². The number of rotatable bonds is 6. The van der Waals surface area contributed by atoms with Gasteiger partial charge >= 0.3 is 5.69 Å². The van der Waals surface area contributed by atoms with Gasteiger partial charge in [0.1, 0.15) is 6.04 Å². The molecule has 0 spiro atoms. The molecule has 0 saturated carbocycles. The molecule has 4 rings (SSSR count). The molecule has 34 heavy (non-hydrogen) atoms. The Labute approximate surface area is 200 Å². The van der Waals surface area contributed by atoms with Crippen LogP contribution in [0.1, 0.15) is 24.0 Å². The van der Waals surface area contributed by atoms with Gasteiger partial charge in [0.2, 0.25) is 11.8 Å². The van der Waals surface area contributed by atoms with Crippen molar-refractivity contribution in [3.05, 3.63) is 56.5 Å². The first-order chi connectivity index (χ1) is 16.2. The molecule has 180 valence electrons. The van der Waals surface area contributed by atoms with E-state index in [1.54, 1.807) is 28.3 Å². The van der Waals surface area contributed by atoms with Gasteiger partial charge in [-0.2, -0.15) is 0 Å². The van der Waals surface area contributed by atoms with Crippen molar-refractivity contribution >= 4 is 40.4 Å². The van der Waals surface area contributed by atoms with Crippen LogP contribution in [0.5, 0.6) is 0 Å². The molecule has 0 bridgehead atoms. The predicted molar refractivity (Wildman–Crippen MR) is 132 cm³/mol. The van der Waals surface area contributed by atoms with Crippen LogP contribution in [0.25, 0.3) is 11.2 Å². The number of aryl methyl sites for hydroxylation is 4. The predicted octanol–water partition coefficient (Wildman–Crippen LogP) is 1.37. The minimum absolute atomic E-state index is 0.102. The molecule has 1 fully saturated rings. The maximum absolute atomic E-state index is 12.9. The zero-order chi connectivity index (χ0) is 24.6. The number of fused-ring (bicyclic) bond motifs is 1. The smallest absolute Gasteiger partial charge is 0.325 e. The Morgan fingerprint density at radius 3 is 2.65 bits per heavy atom. The summed E-state index contributed by atoms with van der Waals surface area (Å²) in [6.45, 7) is 4.40. The van der Waals surface area contributed by atoms with Crippen molar-refractivity contribution in [3.63, 3.8) is 0 Å². The molecule has 1 aliphatic heterocycles. The highest BCUT2D eigenvalue weighted by atomic mass is 32.2. The molecular weight excluding hydrogens is 456 g/mol. The monoisotopic (exact) mass is 484 g/mol. The molecule has 3 aromatic rings. The van der Waals surface area contributed by atoms with E-state index in [-0.39, 0.29) is 18.2 Å². The average Bonchev–Trinajstić information content (AvgIpc) is 3.46. The molecule has 2 aromatic heterocycles. The second-order valence-corrected chi connectivity index (χ2v) is 9.59. The summed E-state index contributed by atoms with van der Waals surface area (Å²) in [6.07, 6.45) is 2.23. The summed E-state index contributed by atoms with van der Waals surface area (Å²) in [5, 5.41) is 2.93. The van der Waals surface area contributed by atoms with Crippen molar-refractivity contribution in [2.24, 2.45) is 14.1 Å². The van der Waals surface area contributed by atoms with Gasteiger partial charge in [-0.3, -0.25) is 23.5 Å².